The second kappa shape index (κ2) is 8.39. The molecule has 0 fully saturated rings. The zero-order valence-electron chi connectivity index (χ0n) is 11.0. The van der Waals surface area contributed by atoms with Crippen LogP contribution in [0.5, 0.6) is 0 Å². The van der Waals surface area contributed by atoms with Gasteiger partial charge in [0, 0.05) is 32.4 Å². The molecule has 0 radical (unpaired) electrons. The summed E-state index contributed by atoms with van der Waals surface area (Å²) in [5, 5.41) is 3.34. The van der Waals surface area contributed by atoms with Gasteiger partial charge in [0.1, 0.15) is 4.47 Å². The molecule has 0 amide bonds. The van der Waals surface area contributed by atoms with Crippen LogP contribution in [-0.2, 0) is 6.54 Å². The molecule has 102 valence electrons. The Morgan fingerprint density at radius 1 is 1.39 bits per heavy atom. The van der Waals surface area contributed by atoms with Crippen molar-refractivity contribution < 1.29 is 0 Å². The Kier molecular flexibility index (Phi) is 7.15. The number of hydrogen-bond acceptors (Lipinski definition) is 4. The summed E-state index contributed by atoms with van der Waals surface area (Å²) >= 11 is 3.18. The molecule has 0 aromatic carbocycles. The normalized spacial score (nSPS) is 11.1. The molecule has 0 saturated heterocycles. The lowest BCUT2D eigenvalue weighted by Gasteiger charge is -2.18. The van der Waals surface area contributed by atoms with Crippen LogP contribution in [0.2, 0.25) is 0 Å². The first kappa shape index (κ1) is 15.3. The first-order valence-corrected chi connectivity index (χ1v) is 7.11. The molecule has 5 nitrogen and oxygen atoms in total. The van der Waals surface area contributed by atoms with Gasteiger partial charge in [-0.1, -0.05) is 13.8 Å². The fourth-order valence-electron chi connectivity index (χ4n) is 1.68. The maximum atomic E-state index is 11.7. The van der Waals surface area contributed by atoms with Gasteiger partial charge in [0.15, 0.2) is 0 Å². The highest BCUT2D eigenvalue weighted by molar-refractivity contribution is 9.10. The second-order valence-electron chi connectivity index (χ2n) is 4.02. The Labute approximate surface area is 116 Å². The largest absolute Gasteiger partial charge is 0.314 e. The first-order valence-electron chi connectivity index (χ1n) is 6.32. The van der Waals surface area contributed by atoms with E-state index in [-0.39, 0.29) is 5.56 Å². The van der Waals surface area contributed by atoms with E-state index >= 15 is 0 Å². The van der Waals surface area contributed by atoms with E-state index in [1.165, 1.54) is 6.20 Å². The number of hydrogen-bond donors (Lipinski definition) is 1. The predicted octanol–water partition coefficient (Wildman–Crippen LogP) is 0.937. The summed E-state index contributed by atoms with van der Waals surface area (Å²) in [4.78, 5) is 18.0. The summed E-state index contributed by atoms with van der Waals surface area (Å²) in [5.41, 5.74) is -0.0319. The topological polar surface area (TPSA) is 50.2 Å². The monoisotopic (exact) mass is 316 g/mol. The smallest absolute Gasteiger partial charge is 0.267 e. The molecule has 1 rings (SSSR count). The summed E-state index contributed by atoms with van der Waals surface area (Å²) in [5.74, 6) is 0. The summed E-state index contributed by atoms with van der Waals surface area (Å²) in [7, 11) is 0. The van der Waals surface area contributed by atoms with Crippen molar-refractivity contribution in [1.82, 2.24) is 19.8 Å². The van der Waals surface area contributed by atoms with Crippen LogP contribution < -0.4 is 10.9 Å². The fourth-order valence-corrected chi connectivity index (χ4v) is 2.03. The van der Waals surface area contributed by atoms with Gasteiger partial charge >= 0.3 is 0 Å². The van der Waals surface area contributed by atoms with Gasteiger partial charge < -0.3 is 10.2 Å². The van der Waals surface area contributed by atoms with E-state index in [0.717, 1.165) is 32.7 Å². The SMILES string of the molecule is CCN(CC)CCNCCn1cncc(Br)c1=O. The zero-order valence-corrected chi connectivity index (χ0v) is 12.6. The minimum absolute atomic E-state index is 0.0319. The van der Waals surface area contributed by atoms with E-state index in [1.54, 1.807) is 10.9 Å². The summed E-state index contributed by atoms with van der Waals surface area (Å²) in [6.07, 6.45) is 3.09. The molecular formula is C12H21BrN4O. The summed E-state index contributed by atoms with van der Waals surface area (Å²) < 4.78 is 2.11. The Balaban J connectivity index is 2.26. The van der Waals surface area contributed by atoms with Crippen LogP contribution in [0.3, 0.4) is 0 Å². The molecule has 6 heteroatoms. The third-order valence-electron chi connectivity index (χ3n) is 2.89. The van der Waals surface area contributed by atoms with Gasteiger partial charge in [0.25, 0.3) is 5.56 Å². The molecule has 0 aliphatic heterocycles. The van der Waals surface area contributed by atoms with E-state index < -0.39 is 0 Å². The van der Waals surface area contributed by atoms with Crippen molar-refractivity contribution in [1.29, 1.82) is 0 Å². The molecule has 18 heavy (non-hydrogen) atoms. The third kappa shape index (κ3) is 4.88. The van der Waals surface area contributed by atoms with Crippen molar-refractivity contribution in [3.8, 4) is 0 Å². The van der Waals surface area contributed by atoms with Crippen LogP contribution >= 0.6 is 15.9 Å². The highest BCUT2D eigenvalue weighted by Gasteiger charge is 2.01. The van der Waals surface area contributed by atoms with Gasteiger partial charge in [-0.3, -0.25) is 9.36 Å². The van der Waals surface area contributed by atoms with Crippen molar-refractivity contribution in [3.05, 3.63) is 27.4 Å². The quantitative estimate of drug-likeness (QED) is 0.725. The van der Waals surface area contributed by atoms with E-state index in [1.807, 2.05) is 0 Å². The molecule has 0 aliphatic rings. The van der Waals surface area contributed by atoms with Crippen LogP contribution in [-0.4, -0.2) is 47.2 Å². The minimum Gasteiger partial charge on any atom is -0.314 e. The zero-order chi connectivity index (χ0) is 13.4. The molecule has 1 aromatic rings. The van der Waals surface area contributed by atoms with Crippen LogP contribution in [0.1, 0.15) is 13.8 Å². The third-order valence-corrected chi connectivity index (χ3v) is 3.43. The number of nitrogens with one attached hydrogen (secondary N) is 1. The lowest BCUT2D eigenvalue weighted by Crippen LogP contribution is -2.34. The van der Waals surface area contributed by atoms with Crippen molar-refractivity contribution in [3.63, 3.8) is 0 Å². The highest BCUT2D eigenvalue weighted by Crippen LogP contribution is 1.97. The van der Waals surface area contributed by atoms with Gasteiger partial charge in [-0.2, -0.15) is 0 Å². The molecular weight excluding hydrogens is 296 g/mol. The molecule has 1 heterocycles. The first-order chi connectivity index (χ1) is 8.69. The van der Waals surface area contributed by atoms with Gasteiger partial charge in [0.05, 0.1) is 6.33 Å². The van der Waals surface area contributed by atoms with Crippen molar-refractivity contribution in [2.75, 3.05) is 32.7 Å². The van der Waals surface area contributed by atoms with Crippen molar-refractivity contribution >= 4 is 15.9 Å². The molecule has 0 aliphatic carbocycles. The van der Waals surface area contributed by atoms with E-state index in [0.29, 0.717) is 11.0 Å². The number of nitrogens with zero attached hydrogens (tertiary/aromatic N) is 3. The Bertz CT molecular complexity index is 403. The number of rotatable bonds is 8. The maximum absolute atomic E-state index is 11.7. The van der Waals surface area contributed by atoms with Crippen molar-refractivity contribution in [2.45, 2.75) is 20.4 Å². The predicted molar refractivity (Wildman–Crippen MR) is 76.9 cm³/mol. The van der Waals surface area contributed by atoms with Gasteiger partial charge in [-0.15, -0.1) is 0 Å². The standard InChI is InChI=1S/C12H21BrN4O/c1-3-16(4-2)7-5-14-6-8-17-10-15-9-11(13)12(17)18/h9-10,14H,3-8H2,1-2H3. The van der Waals surface area contributed by atoms with Gasteiger partial charge in [-0.05, 0) is 29.0 Å². The van der Waals surface area contributed by atoms with Gasteiger partial charge in [0.2, 0.25) is 0 Å². The minimum atomic E-state index is -0.0319. The summed E-state index contributed by atoms with van der Waals surface area (Å²) in [6.45, 7) is 9.88. The van der Waals surface area contributed by atoms with Gasteiger partial charge in [-0.25, -0.2) is 4.98 Å². The Hall–Kier alpha value is -0.720. The van der Waals surface area contributed by atoms with E-state index in [4.69, 9.17) is 0 Å². The molecule has 1 aromatic heterocycles. The molecule has 1 N–H and O–H groups in total. The highest BCUT2D eigenvalue weighted by atomic mass is 79.9. The molecule has 0 atom stereocenters. The Morgan fingerprint density at radius 2 is 2.11 bits per heavy atom. The van der Waals surface area contributed by atoms with E-state index in [2.05, 4.69) is 45.0 Å². The number of halogens is 1. The fraction of sp³-hybridized carbons (Fsp3) is 0.667. The van der Waals surface area contributed by atoms with Crippen LogP contribution in [0.15, 0.2) is 21.8 Å². The summed E-state index contributed by atoms with van der Waals surface area (Å²) in [6, 6.07) is 0. The molecule has 0 spiro atoms. The molecule has 0 unspecified atom stereocenters. The average Bonchev–Trinajstić information content (AvgIpc) is 2.38. The van der Waals surface area contributed by atoms with Crippen LogP contribution in [0, 0.1) is 0 Å². The number of likely N-dealkylation sites (N-methyl/N-ethyl adjacent to an activating group) is 1. The molecule has 0 bridgehead atoms. The van der Waals surface area contributed by atoms with Crippen LogP contribution in [0.25, 0.3) is 0 Å². The molecule has 0 saturated carbocycles. The lowest BCUT2D eigenvalue weighted by molar-refractivity contribution is 0.301. The second-order valence-corrected chi connectivity index (χ2v) is 4.87. The maximum Gasteiger partial charge on any atom is 0.267 e. The average molecular weight is 317 g/mol. The number of aromatic nitrogens is 2. The Morgan fingerprint density at radius 3 is 2.78 bits per heavy atom. The lowest BCUT2D eigenvalue weighted by atomic mass is 10.4. The van der Waals surface area contributed by atoms with E-state index in [9.17, 15) is 4.79 Å². The van der Waals surface area contributed by atoms with Crippen molar-refractivity contribution in [2.24, 2.45) is 0 Å². The van der Waals surface area contributed by atoms with Crippen LogP contribution in [0.4, 0.5) is 0 Å².